The van der Waals surface area contributed by atoms with Crippen molar-refractivity contribution >= 4 is 46.8 Å². The summed E-state index contributed by atoms with van der Waals surface area (Å²) in [5.41, 5.74) is 4.08. The van der Waals surface area contributed by atoms with Crippen LogP contribution >= 0.6 is 23.2 Å². The van der Waals surface area contributed by atoms with E-state index in [9.17, 15) is 9.59 Å². The van der Waals surface area contributed by atoms with Gasteiger partial charge in [-0.1, -0.05) is 23.2 Å². The zero-order valence-electron chi connectivity index (χ0n) is 14.7. The highest BCUT2D eigenvalue weighted by Gasteiger charge is 2.15. The second kappa shape index (κ2) is 8.29. The SMILES string of the molecule is COC(=O)Nc1cc(Cl)c(-c2cc(C)c(NC(=O)OC)cc2Cl)cc1C. The van der Waals surface area contributed by atoms with E-state index in [1.54, 1.807) is 12.1 Å². The fourth-order valence-corrected chi connectivity index (χ4v) is 2.90. The summed E-state index contributed by atoms with van der Waals surface area (Å²) in [6, 6.07) is 6.91. The first-order chi connectivity index (χ1) is 12.3. The van der Waals surface area contributed by atoms with Gasteiger partial charge in [0.05, 0.1) is 24.3 Å². The molecule has 0 bridgehead atoms. The van der Waals surface area contributed by atoms with Crippen LogP contribution in [0.4, 0.5) is 21.0 Å². The first-order valence-electron chi connectivity index (χ1n) is 7.57. The molecule has 138 valence electrons. The van der Waals surface area contributed by atoms with Gasteiger partial charge in [-0.2, -0.15) is 0 Å². The molecule has 0 heterocycles. The lowest BCUT2D eigenvalue weighted by molar-refractivity contribution is 0.186. The third kappa shape index (κ3) is 4.39. The van der Waals surface area contributed by atoms with E-state index >= 15 is 0 Å². The van der Waals surface area contributed by atoms with E-state index in [4.69, 9.17) is 23.2 Å². The smallest absolute Gasteiger partial charge is 0.411 e. The van der Waals surface area contributed by atoms with Gasteiger partial charge in [0.25, 0.3) is 0 Å². The van der Waals surface area contributed by atoms with Gasteiger partial charge in [-0.15, -0.1) is 0 Å². The largest absolute Gasteiger partial charge is 0.453 e. The number of amides is 2. The molecule has 0 aliphatic rings. The van der Waals surface area contributed by atoms with E-state index in [1.807, 2.05) is 26.0 Å². The number of nitrogens with one attached hydrogen (secondary N) is 2. The van der Waals surface area contributed by atoms with E-state index in [2.05, 4.69) is 20.1 Å². The van der Waals surface area contributed by atoms with Crippen LogP contribution in [0.25, 0.3) is 11.1 Å². The Labute approximate surface area is 161 Å². The molecule has 26 heavy (non-hydrogen) atoms. The number of ether oxygens (including phenoxy) is 2. The Morgan fingerprint density at radius 3 is 1.42 bits per heavy atom. The van der Waals surface area contributed by atoms with E-state index in [-0.39, 0.29) is 0 Å². The van der Waals surface area contributed by atoms with E-state index in [1.165, 1.54) is 14.2 Å². The van der Waals surface area contributed by atoms with Gasteiger partial charge in [0.15, 0.2) is 0 Å². The lowest BCUT2D eigenvalue weighted by Crippen LogP contribution is -2.12. The third-order valence-corrected chi connectivity index (χ3v) is 4.39. The Hall–Kier alpha value is -2.44. The molecule has 0 unspecified atom stereocenters. The molecule has 0 saturated carbocycles. The summed E-state index contributed by atoms with van der Waals surface area (Å²) in [5, 5.41) is 6.03. The van der Waals surface area contributed by atoms with Crippen LogP contribution in [0.5, 0.6) is 0 Å². The van der Waals surface area contributed by atoms with Gasteiger partial charge in [-0.05, 0) is 49.2 Å². The maximum Gasteiger partial charge on any atom is 0.411 e. The maximum atomic E-state index is 11.4. The highest BCUT2D eigenvalue weighted by atomic mass is 35.5. The minimum absolute atomic E-state index is 0.414. The fraction of sp³-hybridized carbons (Fsp3) is 0.222. The van der Waals surface area contributed by atoms with Gasteiger partial charge in [0.2, 0.25) is 0 Å². The second-order valence-electron chi connectivity index (χ2n) is 5.53. The van der Waals surface area contributed by atoms with Crippen molar-refractivity contribution in [3.63, 3.8) is 0 Å². The van der Waals surface area contributed by atoms with Crippen LogP contribution in [0.3, 0.4) is 0 Å². The number of benzene rings is 2. The van der Waals surface area contributed by atoms with Crippen molar-refractivity contribution < 1.29 is 19.1 Å². The van der Waals surface area contributed by atoms with Gasteiger partial charge in [0.1, 0.15) is 0 Å². The molecule has 2 aromatic rings. The summed E-state index contributed by atoms with van der Waals surface area (Å²) in [4.78, 5) is 22.8. The zero-order valence-corrected chi connectivity index (χ0v) is 16.2. The minimum atomic E-state index is -0.580. The normalized spacial score (nSPS) is 10.2. The average Bonchev–Trinajstić information content (AvgIpc) is 2.60. The predicted octanol–water partition coefficient (Wildman–Crippen LogP) is 5.63. The number of methoxy groups -OCH3 is 2. The van der Waals surface area contributed by atoms with Crippen molar-refractivity contribution in [2.24, 2.45) is 0 Å². The van der Waals surface area contributed by atoms with E-state index < -0.39 is 12.2 Å². The molecular formula is C18H18Cl2N2O4. The Morgan fingerprint density at radius 2 is 1.12 bits per heavy atom. The molecule has 0 atom stereocenters. The van der Waals surface area contributed by atoms with Crippen LogP contribution in [0.15, 0.2) is 24.3 Å². The molecule has 0 aliphatic carbocycles. The fourth-order valence-electron chi connectivity index (χ4n) is 2.37. The van der Waals surface area contributed by atoms with Crippen LogP contribution < -0.4 is 10.6 Å². The average molecular weight is 397 g/mol. The zero-order chi connectivity index (χ0) is 19.4. The molecule has 0 radical (unpaired) electrons. The Morgan fingerprint density at radius 1 is 0.769 bits per heavy atom. The molecule has 2 aromatic carbocycles. The monoisotopic (exact) mass is 396 g/mol. The van der Waals surface area contributed by atoms with Crippen molar-refractivity contribution in [1.29, 1.82) is 0 Å². The molecule has 2 N–H and O–H groups in total. The molecule has 2 amide bonds. The number of anilines is 2. The number of rotatable bonds is 3. The van der Waals surface area contributed by atoms with E-state index in [0.717, 1.165) is 11.1 Å². The lowest BCUT2D eigenvalue weighted by atomic mass is 9.99. The lowest BCUT2D eigenvalue weighted by Gasteiger charge is -2.15. The van der Waals surface area contributed by atoms with Crippen molar-refractivity contribution in [3.05, 3.63) is 45.4 Å². The number of aryl methyl sites for hydroxylation is 2. The summed E-state index contributed by atoms with van der Waals surface area (Å²) >= 11 is 12.8. The first kappa shape index (κ1) is 19.9. The summed E-state index contributed by atoms with van der Waals surface area (Å²) in [5.74, 6) is 0. The van der Waals surface area contributed by atoms with Crippen molar-refractivity contribution in [1.82, 2.24) is 0 Å². The standard InChI is InChI=1S/C18H18Cl2N2O4/c1-9-5-11(13(19)7-15(9)21-17(23)25-3)12-6-10(2)16(8-14(12)20)22-18(24)26-4/h5-8H,1-4H3,(H,21,23)(H,22,24). The summed E-state index contributed by atoms with van der Waals surface area (Å²) < 4.78 is 9.19. The highest BCUT2D eigenvalue weighted by molar-refractivity contribution is 6.37. The van der Waals surface area contributed by atoms with Crippen LogP contribution in [0, 0.1) is 13.8 Å². The highest BCUT2D eigenvalue weighted by Crippen LogP contribution is 2.39. The summed E-state index contributed by atoms with van der Waals surface area (Å²) in [6.07, 6.45) is -1.16. The summed E-state index contributed by atoms with van der Waals surface area (Å²) in [7, 11) is 2.57. The number of hydrogen-bond donors (Lipinski definition) is 2. The van der Waals surface area contributed by atoms with Gasteiger partial charge in [0, 0.05) is 22.5 Å². The van der Waals surface area contributed by atoms with Crippen molar-refractivity contribution in [2.45, 2.75) is 13.8 Å². The third-order valence-electron chi connectivity index (χ3n) is 3.76. The number of hydrogen-bond acceptors (Lipinski definition) is 4. The molecule has 0 aromatic heterocycles. The molecule has 6 nitrogen and oxygen atoms in total. The molecule has 0 spiro atoms. The second-order valence-corrected chi connectivity index (χ2v) is 6.34. The number of halogens is 2. The van der Waals surface area contributed by atoms with Crippen LogP contribution in [-0.2, 0) is 9.47 Å². The molecule has 8 heteroatoms. The number of carbonyl (C=O) groups is 2. The van der Waals surface area contributed by atoms with Crippen LogP contribution in [0.1, 0.15) is 11.1 Å². The van der Waals surface area contributed by atoms with Crippen molar-refractivity contribution in [3.8, 4) is 11.1 Å². The molecule has 0 saturated heterocycles. The minimum Gasteiger partial charge on any atom is -0.453 e. The Bertz CT molecular complexity index is 797. The molecule has 0 fully saturated rings. The molecule has 0 aliphatic heterocycles. The van der Waals surface area contributed by atoms with Crippen LogP contribution in [0.2, 0.25) is 10.0 Å². The maximum absolute atomic E-state index is 11.4. The van der Waals surface area contributed by atoms with Gasteiger partial charge >= 0.3 is 12.2 Å². The predicted molar refractivity (Wildman–Crippen MR) is 103 cm³/mol. The first-order valence-corrected chi connectivity index (χ1v) is 8.33. The van der Waals surface area contributed by atoms with Crippen molar-refractivity contribution in [2.75, 3.05) is 24.9 Å². The van der Waals surface area contributed by atoms with Gasteiger partial charge in [-0.3, -0.25) is 10.6 Å². The Balaban J connectivity index is 2.45. The topological polar surface area (TPSA) is 76.7 Å². The van der Waals surface area contributed by atoms with Gasteiger partial charge < -0.3 is 9.47 Å². The quantitative estimate of drug-likeness (QED) is 0.703. The molecule has 2 rings (SSSR count). The van der Waals surface area contributed by atoms with Crippen LogP contribution in [-0.4, -0.2) is 26.4 Å². The molecular weight excluding hydrogens is 379 g/mol. The Kier molecular flexibility index (Phi) is 6.34. The number of carbonyl (C=O) groups excluding carboxylic acids is 2. The van der Waals surface area contributed by atoms with Gasteiger partial charge in [-0.25, -0.2) is 9.59 Å². The van der Waals surface area contributed by atoms with E-state index in [0.29, 0.717) is 32.5 Å². The summed E-state index contributed by atoms with van der Waals surface area (Å²) in [6.45, 7) is 3.66.